The maximum Gasteiger partial charge on any atom is 0.332 e. The summed E-state index contributed by atoms with van der Waals surface area (Å²) in [5, 5.41) is 19.2. The van der Waals surface area contributed by atoms with Crippen molar-refractivity contribution < 1.29 is 19.5 Å². The Hall–Kier alpha value is -4.31. The molecular weight excluding hydrogens is 625 g/mol. The third-order valence-corrected chi connectivity index (χ3v) is 9.32. The first-order chi connectivity index (χ1) is 22.2. The van der Waals surface area contributed by atoms with Gasteiger partial charge in [-0.2, -0.15) is 5.01 Å². The van der Waals surface area contributed by atoms with Gasteiger partial charge in [0.25, 0.3) is 0 Å². The fraction of sp³-hybridized carbons (Fsp3) is 0.286. The lowest BCUT2D eigenvalue weighted by molar-refractivity contribution is -0.157. The number of phenolic OH excluding ortho intramolecular Hbond substituents is 1. The molecule has 0 radical (unpaired) electrons. The monoisotopic (exact) mass is 659 g/mol. The lowest BCUT2D eigenvalue weighted by Gasteiger charge is -2.46. The molecule has 0 spiro atoms. The Morgan fingerprint density at radius 3 is 2.46 bits per heavy atom. The molecule has 2 N–H and O–H groups in total. The van der Waals surface area contributed by atoms with Crippen molar-refractivity contribution in [3.63, 3.8) is 0 Å². The number of hydrogen-bond acceptors (Lipinski definition) is 5. The van der Waals surface area contributed by atoms with Gasteiger partial charge in [0, 0.05) is 26.1 Å². The maximum atomic E-state index is 14.2. The van der Waals surface area contributed by atoms with Gasteiger partial charge in [-0.3, -0.25) is 14.6 Å². The van der Waals surface area contributed by atoms with Gasteiger partial charge in [0.2, 0.25) is 11.8 Å². The molecule has 0 bridgehead atoms. The number of halogens is 2. The minimum Gasteiger partial charge on any atom is -0.508 e. The number of carbonyl (C=O) groups is 3. The van der Waals surface area contributed by atoms with E-state index in [-0.39, 0.29) is 49.7 Å². The largest absolute Gasteiger partial charge is 0.508 e. The number of hydrogen-bond donors (Lipinski definition) is 2. The van der Waals surface area contributed by atoms with Crippen LogP contribution in [0.4, 0.5) is 4.79 Å². The van der Waals surface area contributed by atoms with Gasteiger partial charge in [0.05, 0.1) is 23.1 Å². The van der Waals surface area contributed by atoms with Crippen molar-refractivity contribution in [2.24, 2.45) is 0 Å². The second kappa shape index (κ2) is 13.6. The van der Waals surface area contributed by atoms with Crippen LogP contribution in [-0.2, 0) is 29.1 Å². The molecular formula is C35H35Cl2N5O4. The summed E-state index contributed by atoms with van der Waals surface area (Å²) in [6.07, 6.45) is 0.385. The minimum atomic E-state index is -0.779. The van der Waals surface area contributed by atoms with Crippen molar-refractivity contribution >= 4 is 51.8 Å². The molecule has 4 aromatic carbocycles. The number of benzene rings is 4. The molecule has 2 atom stereocenters. The first-order valence-corrected chi connectivity index (χ1v) is 16.1. The molecule has 2 aliphatic rings. The number of nitrogens with zero attached hydrogens (tertiary/aromatic N) is 4. The van der Waals surface area contributed by atoms with Crippen LogP contribution in [0.3, 0.4) is 0 Å². The standard InChI is InChI=1S/C35H35Cl2N5O4/c1-2-16-40(35(46)38-19-24-12-15-29(36)30(37)17-24)41-22-33(44)42-31(18-23-10-13-27(43)14-11-23)34(45)39(21-32(41)42)20-26-8-5-7-25-6-3-4-9-28(25)26/h3-15,17,31-32,43H,2,16,18-22H2,1H3,(H,38,46)/t31?,32-/m1/s1. The molecule has 6 rings (SSSR count). The van der Waals surface area contributed by atoms with Crippen LogP contribution in [0.25, 0.3) is 10.8 Å². The van der Waals surface area contributed by atoms with Gasteiger partial charge in [-0.1, -0.05) is 90.8 Å². The molecule has 4 aromatic rings. The van der Waals surface area contributed by atoms with Crippen LogP contribution in [0.5, 0.6) is 5.75 Å². The van der Waals surface area contributed by atoms with Crippen LogP contribution in [-0.4, -0.2) is 74.6 Å². The maximum absolute atomic E-state index is 14.2. The summed E-state index contributed by atoms with van der Waals surface area (Å²) in [4.78, 5) is 45.1. The molecule has 0 aliphatic carbocycles. The van der Waals surface area contributed by atoms with E-state index in [0.29, 0.717) is 29.6 Å². The molecule has 0 saturated carbocycles. The number of nitrogens with one attached hydrogen (secondary N) is 1. The lowest BCUT2D eigenvalue weighted by atomic mass is 9.99. The van der Waals surface area contributed by atoms with Crippen molar-refractivity contribution in [3.05, 3.63) is 112 Å². The number of hydrazine groups is 1. The number of piperazine rings is 1. The molecule has 2 heterocycles. The summed E-state index contributed by atoms with van der Waals surface area (Å²) < 4.78 is 0. The molecule has 11 heteroatoms. The van der Waals surface area contributed by atoms with Crippen molar-refractivity contribution in [1.29, 1.82) is 0 Å². The van der Waals surface area contributed by atoms with E-state index in [2.05, 4.69) is 5.32 Å². The van der Waals surface area contributed by atoms with Crippen LogP contribution in [0.15, 0.2) is 84.9 Å². The van der Waals surface area contributed by atoms with Crippen molar-refractivity contribution in [3.8, 4) is 5.75 Å². The van der Waals surface area contributed by atoms with Crippen LogP contribution in [0.1, 0.15) is 30.0 Å². The van der Waals surface area contributed by atoms with Crippen molar-refractivity contribution in [2.45, 2.75) is 45.1 Å². The summed E-state index contributed by atoms with van der Waals surface area (Å²) in [6.45, 7) is 3.13. The third-order valence-electron chi connectivity index (χ3n) is 8.58. The van der Waals surface area contributed by atoms with Crippen LogP contribution >= 0.6 is 23.2 Å². The smallest absolute Gasteiger partial charge is 0.332 e. The second-order valence-electron chi connectivity index (χ2n) is 11.7. The van der Waals surface area contributed by atoms with Gasteiger partial charge in [-0.15, -0.1) is 0 Å². The molecule has 2 aliphatic heterocycles. The molecule has 1 unspecified atom stereocenters. The molecule has 4 amide bonds. The van der Waals surface area contributed by atoms with Crippen LogP contribution in [0.2, 0.25) is 10.0 Å². The predicted octanol–water partition coefficient (Wildman–Crippen LogP) is 5.81. The lowest BCUT2D eigenvalue weighted by Crippen LogP contribution is -2.66. The van der Waals surface area contributed by atoms with E-state index in [9.17, 15) is 19.5 Å². The highest BCUT2D eigenvalue weighted by Crippen LogP contribution is 2.32. The zero-order valence-electron chi connectivity index (χ0n) is 25.4. The molecule has 0 aromatic heterocycles. The number of amides is 4. The Bertz CT molecular complexity index is 1760. The summed E-state index contributed by atoms with van der Waals surface area (Å²) >= 11 is 12.2. The SMILES string of the molecule is CCCN(C(=O)NCc1ccc(Cl)c(Cl)c1)N1CC(=O)N2C(Cc3ccc(O)cc3)C(=O)N(Cc3cccc4ccccc34)C[C@@H]21. The van der Waals surface area contributed by atoms with Gasteiger partial charge in [-0.05, 0) is 58.1 Å². The topological polar surface area (TPSA) is 96.4 Å². The van der Waals surface area contributed by atoms with Crippen LogP contribution < -0.4 is 5.32 Å². The highest BCUT2D eigenvalue weighted by Gasteiger charge is 2.52. The third kappa shape index (κ3) is 6.49. The molecule has 9 nitrogen and oxygen atoms in total. The van der Waals surface area contributed by atoms with Gasteiger partial charge in [-0.25, -0.2) is 4.79 Å². The fourth-order valence-electron chi connectivity index (χ4n) is 6.36. The quantitative estimate of drug-likeness (QED) is 0.236. The Morgan fingerprint density at radius 2 is 1.70 bits per heavy atom. The summed E-state index contributed by atoms with van der Waals surface area (Å²) in [7, 11) is 0. The van der Waals surface area contributed by atoms with E-state index < -0.39 is 12.2 Å². The Kier molecular flexibility index (Phi) is 9.35. The van der Waals surface area contributed by atoms with E-state index in [1.165, 1.54) is 0 Å². The zero-order valence-corrected chi connectivity index (χ0v) is 26.9. The number of phenols is 1. The van der Waals surface area contributed by atoms with Crippen LogP contribution in [0, 0.1) is 0 Å². The first-order valence-electron chi connectivity index (χ1n) is 15.3. The summed E-state index contributed by atoms with van der Waals surface area (Å²) in [6, 6.07) is 24.9. The van der Waals surface area contributed by atoms with E-state index in [4.69, 9.17) is 23.2 Å². The zero-order chi connectivity index (χ0) is 32.4. The molecule has 2 saturated heterocycles. The van der Waals surface area contributed by atoms with E-state index in [1.807, 2.05) is 49.4 Å². The molecule has 46 heavy (non-hydrogen) atoms. The van der Waals surface area contributed by atoms with E-state index in [1.54, 1.807) is 62.3 Å². The van der Waals surface area contributed by atoms with Gasteiger partial charge >= 0.3 is 6.03 Å². The summed E-state index contributed by atoms with van der Waals surface area (Å²) in [5.74, 6) is -0.247. The summed E-state index contributed by atoms with van der Waals surface area (Å²) in [5.41, 5.74) is 2.61. The Morgan fingerprint density at radius 1 is 0.957 bits per heavy atom. The Labute approximate surface area is 277 Å². The average Bonchev–Trinajstić information content (AvgIpc) is 3.38. The number of aromatic hydroxyl groups is 1. The number of urea groups is 1. The van der Waals surface area contributed by atoms with Crippen molar-refractivity contribution in [2.75, 3.05) is 19.6 Å². The highest BCUT2D eigenvalue weighted by atomic mass is 35.5. The van der Waals surface area contributed by atoms with E-state index in [0.717, 1.165) is 27.5 Å². The van der Waals surface area contributed by atoms with Gasteiger partial charge in [0.1, 0.15) is 18.0 Å². The normalized spacial score (nSPS) is 18.2. The number of carbonyl (C=O) groups excluding carboxylic acids is 3. The molecule has 238 valence electrons. The minimum absolute atomic E-state index is 0.0354. The van der Waals surface area contributed by atoms with Gasteiger partial charge < -0.3 is 20.2 Å². The average molecular weight is 661 g/mol. The fourth-order valence-corrected chi connectivity index (χ4v) is 6.68. The second-order valence-corrected chi connectivity index (χ2v) is 12.5. The number of fused-ring (bicyclic) bond motifs is 2. The first kappa shape index (κ1) is 31.7. The predicted molar refractivity (Wildman–Crippen MR) is 178 cm³/mol. The highest BCUT2D eigenvalue weighted by molar-refractivity contribution is 6.42. The van der Waals surface area contributed by atoms with E-state index >= 15 is 0 Å². The van der Waals surface area contributed by atoms with Crippen molar-refractivity contribution in [1.82, 2.24) is 25.1 Å². The Balaban J connectivity index is 1.30. The molecule has 2 fully saturated rings. The number of rotatable bonds is 9. The van der Waals surface area contributed by atoms with Gasteiger partial charge in [0.15, 0.2) is 0 Å².